The van der Waals surface area contributed by atoms with Gasteiger partial charge < -0.3 is 9.47 Å². The summed E-state index contributed by atoms with van der Waals surface area (Å²) in [6.07, 6.45) is 0. The van der Waals surface area contributed by atoms with Gasteiger partial charge in [-0.25, -0.2) is 19.2 Å². The highest BCUT2D eigenvalue weighted by Gasteiger charge is 2.36. The van der Waals surface area contributed by atoms with Crippen molar-refractivity contribution < 1.29 is 28.7 Å². The molecule has 0 N–H and O–H groups in total. The maximum atomic E-state index is 12.4. The van der Waals surface area contributed by atoms with Crippen molar-refractivity contribution in [1.82, 2.24) is 0 Å². The highest BCUT2D eigenvalue weighted by Crippen LogP contribution is 2.42. The maximum Gasteiger partial charge on any atom is 0.348 e. The van der Waals surface area contributed by atoms with Crippen LogP contribution < -0.4 is 0 Å². The van der Waals surface area contributed by atoms with Crippen molar-refractivity contribution in [3.05, 3.63) is 55.5 Å². The zero-order valence-corrected chi connectivity index (χ0v) is 14.7. The molecule has 0 aromatic heterocycles. The van der Waals surface area contributed by atoms with E-state index in [-0.39, 0.29) is 31.2 Å². The second-order valence-corrected chi connectivity index (χ2v) is 6.64. The van der Waals surface area contributed by atoms with Crippen molar-refractivity contribution in [3.63, 3.8) is 0 Å². The van der Waals surface area contributed by atoms with Crippen molar-refractivity contribution >= 4 is 55.7 Å². The summed E-state index contributed by atoms with van der Waals surface area (Å²) in [4.78, 5) is 49.4. The van der Waals surface area contributed by atoms with Gasteiger partial charge in [-0.2, -0.15) is 0 Å². The van der Waals surface area contributed by atoms with E-state index >= 15 is 0 Å². The summed E-state index contributed by atoms with van der Waals surface area (Å²) in [6.45, 7) is 0. The van der Waals surface area contributed by atoms with Crippen molar-refractivity contribution in [3.8, 4) is 11.1 Å². The number of halogens is 2. The highest BCUT2D eigenvalue weighted by atomic mass is 79.9. The zero-order chi connectivity index (χ0) is 17.2. The average Bonchev–Trinajstić information content (AvgIpc) is 2.56. The molecule has 6 nitrogen and oxygen atoms in total. The number of benzene rings is 2. The lowest BCUT2D eigenvalue weighted by molar-refractivity contribution is 0.0333. The van der Waals surface area contributed by atoms with E-state index in [0.29, 0.717) is 11.1 Å². The summed E-state index contributed by atoms with van der Waals surface area (Å²) in [5, 5.41) is 0. The molecule has 0 saturated carbocycles. The molecule has 2 aromatic carbocycles. The van der Waals surface area contributed by atoms with Crippen molar-refractivity contribution in [2.24, 2.45) is 0 Å². The van der Waals surface area contributed by atoms with Gasteiger partial charge in [0.05, 0.1) is 22.3 Å². The monoisotopic (exact) mass is 450 g/mol. The summed E-state index contributed by atoms with van der Waals surface area (Å²) in [5.74, 6) is -4.01. The Kier molecular flexibility index (Phi) is 3.23. The predicted molar refractivity (Wildman–Crippen MR) is 86.8 cm³/mol. The van der Waals surface area contributed by atoms with Gasteiger partial charge in [0.25, 0.3) is 0 Å². The van der Waals surface area contributed by atoms with Gasteiger partial charge in [0.15, 0.2) is 0 Å². The van der Waals surface area contributed by atoms with Gasteiger partial charge in [0, 0.05) is 8.95 Å². The smallest absolute Gasteiger partial charge is 0.348 e. The summed E-state index contributed by atoms with van der Waals surface area (Å²) >= 11 is 6.58. The Labute approximate surface area is 151 Å². The standard InChI is InChI=1S/C16H4Br2O6/c17-11-5-1-3-7-9(11)15(21)24-16(22)10-8(14(20)23-13(7)19)4-2-6(5)12(10)18/h1-4H. The second kappa shape index (κ2) is 5.09. The molecule has 0 aliphatic carbocycles. The van der Waals surface area contributed by atoms with Crippen LogP contribution in [0.15, 0.2) is 33.2 Å². The number of rotatable bonds is 0. The van der Waals surface area contributed by atoms with Gasteiger partial charge in [-0.15, -0.1) is 0 Å². The molecule has 118 valence electrons. The Morgan fingerprint density at radius 1 is 0.542 bits per heavy atom. The Morgan fingerprint density at radius 3 is 1.29 bits per heavy atom. The van der Waals surface area contributed by atoms with Gasteiger partial charge in [0.2, 0.25) is 0 Å². The lowest BCUT2D eigenvalue weighted by atomic mass is 9.97. The number of fused-ring (bicyclic) bond motifs is 5. The average molecular weight is 452 g/mol. The fraction of sp³-hybridized carbons (Fsp3) is 0. The molecule has 0 atom stereocenters. The number of carbonyl (C=O) groups excluding carboxylic acids is 4. The van der Waals surface area contributed by atoms with Gasteiger partial charge in [0.1, 0.15) is 0 Å². The minimum atomic E-state index is -1.00. The van der Waals surface area contributed by atoms with Gasteiger partial charge in [-0.05, 0) is 55.1 Å². The molecule has 2 aromatic rings. The molecule has 2 aliphatic heterocycles. The van der Waals surface area contributed by atoms with Gasteiger partial charge in [-0.1, -0.05) is 12.1 Å². The third-order valence-electron chi connectivity index (χ3n) is 3.79. The third-order valence-corrected chi connectivity index (χ3v) is 5.44. The minimum Gasteiger partial charge on any atom is -0.386 e. The Bertz CT molecular complexity index is 929. The number of cyclic esters (lactones) is 2. The van der Waals surface area contributed by atoms with Crippen LogP contribution in [-0.4, -0.2) is 23.9 Å². The normalized spacial score (nSPS) is 15.2. The van der Waals surface area contributed by atoms with E-state index in [9.17, 15) is 19.2 Å². The molecule has 24 heavy (non-hydrogen) atoms. The largest absolute Gasteiger partial charge is 0.386 e. The Morgan fingerprint density at radius 2 is 0.875 bits per heavy atom. The molecule has 0 amide bonds. The van der Waals surface area contributed by atoms with Gasteiger partial charge >= 0.3 is 23.9 Å². The molecule has 8 heteroatoms. The quantitative estimate of drug-likeness (QED) is 0.450. The summed E-state index contributed by atoms with van der Waals surface area (Å²) < 4.78 is 10.2. The van der Waals surface area contributed by atoms with Crippen LogP contribution in [-0.2, 0) is 9.47 Å². The minimum absolute atomic E-state index is 0.168. The molecule has 2 aliphatic rings. The molecule has 2 heterocycles. The maximum absolute atomic E-state index is 12.4. The Hall–Kier alpha value is -2.32. The van der Waals surface area contributed by atoms with Crippen LogP contribution in [0.2, 0.25) is 0 Å². The van der Waals surface area contributed by atoms with Crippen LogP contribution >= 0.6 is 31.9 Å². The molecular formula is C16H4Br2O6. The fourth-order valence-electron chi connectivity index (χ4n) is 2.69. The van der Waals surface area contributed by atoms with Crippen molar-refractivity contribution in [1.29, 1.82) is 0 Å². The van der Waals surface area contributed by atoms with Crippen LogP contribution in [0.3, 0.4) is 0 Å². The lowest BCUT2D eigenvalue weighted by Crippen LogP contribution is -2.24. The van der Waals surface area contributed by atoms with E-state index in [1.54, 1.807) is 12.1 Å². The summed E-state index contributed by atoms with van der Waals surface area (Å²) in [5.41, 5.74) is 0.440. The molecule has 4 rings (SSSR count). The topological polar surface area (TPSA) is 86.7 Å². The summed E-state index contributed by atoms with van der Waals surface area (Å²) in [6, 6.07) is 5.89. The number of carbonyl (C=O) groups is 4. The number of hydrogen-bond acceptors (Lipinski definition) is 6. The fourth-order valence-corrected chi connectivity index (χ4v) is 4.13. The first kappa shape index (κ1) is 15.2. The van der Waals surface area contributed by atoms with E-state index < -0.39 is 23.9 Å². The van der Waals surface area contributed by atoms with Crippen LogP contribution in [0.5, 0.6) is 0 Å². The van der Waals surface area contributed by atoms with E-state index in [0.717, 1.165) is 0 Å². The molecule has 0 unspecified atom stereocenters. The number of hydrogen-bond donors (Lipinski definition) is 0. The molecule has 0 fully saturated rings. The Balaban J connectivity index is 2.28. The lowest BCUT2D eigenvalue weighted by Gasteiger charge is -2.13. The van der Waals surface area contributed by atoms with E-state index in [4.69, 9.17) is 9.47 Å². The first-order valence-corrected chi connectivity index (χ1v) is 8.17. The van der Waals surface area contributed by atoms with Crippen LogP contribution in [0.4, 0.5) is 0 Å². The molecule has 0 radical (unpaired) electrons. The van der Waals surface area contributed by atoms with Crippen molar-refractivity contribution in [2.75, 3.05) is 0 Å². The first-order chi connectivity index (χ1) is 11.4. The third kappa shape index (κ3) is 1.93. The summed E-state index contributed by atoms with van der Waals surface area (Å²) in [7, 11) is 0. The van der Waals surface area contributed by atoms with E-state index in [1.165, 1.54) is 12.1 Å². The van der Waals surface area contributed by atoms with Crippen LogP contribution in [0, 0.1) is 0 Å². The first-order valence-electron chi connectivity index (χ1n) is 6.58. The number of ether oxygens (including phenoxy) is 2. The van der Waals surface area contributed by atoms with E-state index in [2.05, 4.69) is 31.9 Å². The molecule has 0 spiro atoms. The van der Waals surface area contributed by atoms with Crippen molar-refractivity contribution in [2.45, 2.75) is 0 Å². The molecule has 4 bridgehead atoms. The predicted octanol–water partition coefficient (Wildman–Crippen LogP) is 3.50. The highest BCUT2D eigenvalue weighted by molar-refractivity contribution is 9.11. The second-order valence-electron chi connectivity index (χ2n) is 5.05. The van der Waals surface area contributed by atoms with Crippen LogP contribution in [0.1, 0.15) is 41.4 Å². The zero-order valence-electron chi connectivity index (χ0n) is 11.5. The molecule has 0 saturated heterocycles. The molecular weight excluding hydrogens is 448 g/mol. The van der Waals surface area contributed by atoms with Gasteiger partial charge in [-0.3, -0.25) is 0 Å². The van der Waals surface area contributed by atoms with Crippen LogP contribution in [0.25, 0.3) is 11.1 Å². The van der Waals surface area contributed by atoms with E-state index in [1.807, 2.05) is 0 Å². The SMILES string of the molecule is O=C1OC(=O)c2ccc3c(Br)c2C(=O)OC(=O)c2c1ccc-3c2Br. The number of esters is 4.